The van der Waals surface area contributed by atoms with E-state index in [0.29, 0.717) is 19.4 Å². The zero-order valence-corrected chi connectivity index (χ0v) is 24.8. The van der Waals surface area contributed by atoms with Crippen molar-refractivity contribution in [1.29, 1.82) is 0 Å². The largest absolute Gasteiger partial charge is 0.494 e. The second-order valence-corrected chi connectivity index (χ2v) is 12.8. The van der Waals surface area contributed by atoms with Crippen LogP contribution in [0.15, 0.2) is 77.0 Å². The number of amides is 1. The third-order valence-electron chi connectivity index (χ3n) is 6.85. The lowest BCUT2D eigenvalue weighted by atomic mass is 10.0. The van der Waals surface area contributed by atoms with Crippen molar-refractivity contribution >= 4 is 49.8 Å². The van der Waals surface area contributed by atoms with E-state index in [2.05, 4.69) is 22.7 Å². The Kier molecular flexibility index (Phi) is 8.03. The van der Waals surface area contributed by atoms with Crippen molar-refractivity contribution in [2.45, 2.75) is 38.5 Å². The number of carbonyl (C=O) groups excluding carboxylic acids is 1. The quantitative estimate of drug-likeness (QED) is 0.172. The Balaban J connectivity index is 1.47. The first kappa shape index (κ1) is 28.0. The summed E-state index contributed by atoms with van der Waals surface area (Å²) < 4.78 is 34.2. The van der Waals surface area contributed by atoms with E-state index in [0.717, 1.165) is 54.4 Å². The number of aryl methyl sites for hydroxylation is 4. The van der Waals surface area contributed by atoms with Gasteiger partial charge in [0.25, 0.3) is 15.9 Å². The highest BCUT2D eigenvalue weighted by atomic mass is 35.5. The predicted octanol–water partition coefficient (Wildman–Crippen LogP) is 7.61. The van der Waals surface area contributed by atoms with E-state index in [1.165, 1.54) is 12.1 Å². The van der Waals surface area contributed by atoms with E-state index >= 15 is 0 Å². The molecule has 0 atom stereocenters. The zero-order chi connectivity index (χ0) is 28.4. The van der Waals surface area contributed by atoms with Gasteiger partial charge in [-0.2, -0.15) is 0 Å². The minimum absolute atomic E-state index is 0.0255. The summed E-state index contributed by atoms with van der Waals surface area (Å²) in [6.45, 7) is 6.35. The second-order valence-electron chi connectivity index (χ2n) is 9.67. The summed E-state index contributed by atoms with van der Waals surface area (Å²) >= 11 is 7.94. The minimum atomic E-state index is -4.05. The van der Waals surface area contributed by atoms with Crippen molar-refractivity contribution < 1.29 is 17.9 Å². The molecule has 0 aliphatic rings. The number of thiophene rings is 1. The molecule has 5 aromatic rings. The van der Waals surface area contributed by atoms with Gasteiger partial charge in [0.1, 0.15) is 11.4 Å². The van der Waals surface area contributed by atoms with Gasteiger partial charge in [0.15, 0.2) is 0 Å². The molecule has 0 fully saturated rings. The normalized spacial score (nSPS) is 11.6. The molecule has 5 rings (SSSR count). The molecule has 0 saturated heterocycles. The first-order chi connectivity index (χ1) is 19.2. The van der Waals surface area contributed by atoms with Crippen molar-refractivity contribution in [2.75, 3.05) is 6.61 Å². The summed E-state index contributed by atoms with van der Waals surface area (Å²) in [5, 5.41) is 3.64. The number of benzene rings is 3. The molecular weight excluding hydrogens is 564 g/mol. The van der Waals surface area contributed by atoms with Gasteiger partial charge in [-0.3, -0.25) is 4.79 Å². The van der Waals surface area contributed by atoms with Crippen LogP contribution in [0.2, 0.25) is 5.02 Å². The van der Waals surface area contributed by atoms with E-state index in [1.807, 2.05) is 49.6 Å². The van der Waals surface area contributed by atoms with E-state index in [9.17, 15) is 13.2 Å². The summed E-state index contributed by atoms with van der Waals surface area (Å²) in [4.78, 5) is 17.9. The molecule has 2 aromatic heterocycles. The predicted molar refractivity (Wildman–Crippen MR) is 162 cm³/mol. The molecule has 0 spiro atoms. The van der Waals surface area contributed by atoms with Crippen LogP contribution in [0.25, 0.3) is 22.0 Å². The molecule has 3 aromatic carbocycles. The van der Waals surface area contributed by atoms with E-state index < -0.39 is 15.9 Å². The molecule has 2 N–H and O–H groups in total. The zero-order valence-electron chi connectivity index (χ0n) is 22.4. The van der Waals surface area contributed by atoms with E-state index in [1.54, 1.807) is 29.5 Å². The van der Waals surface area contributed by atoms with E-state index in [-0.39, 0.29) is 10.6 Å². The maximum atomic E-state index is 13.5. The standard InChI is InChI=1S/C31H29ClN2O4S2/c1-19-17-22(18-20(2)28(19)32)38-15-8-13-27-26-12-7-11-25(24-14-16-39-21(24)3)29(26)33-30(27)31(35)34-40(36,37)23-9-5-4-6-10-23/h4-7,9-12,14,16-18,33H,8,13,15H2,1-3H3,(H,34,35). The third kappa shape index (κ3) is 5.66. The lowest BCUT2D eigenvalue weighted by Gasteiger charge is -2.11. The highest BCUT2D eigenvalue weighted by Gasteiger charge is 2.24. The average Bonchev–Trinajstić information content (AvgIpc) is 3.53. The smallest absolute Gasteiger partial charge is 0.281 e. The molecule has 6 nitrogen and oxygen atoms in total. The fraction of sp³-hybridized carbons (Fsp3) is 0.194. The van der Waals surface area contributed by atoms with Crippen molar-refractivity contribution in [3.05, 3.63) is 104 Å². The topological polar surface area (TPSA) is 88.3 Å². The Morgan fingerprint density at radius 1 is 0.975 bits per heavy atom. The van der Waals surface area contributed by atoms with Crippen LogP contribution >= 0.6 is 22.9 Å². The Morgan fingerprint density at radius 2 is 1.70 bits per heavy atom. The first-order valence-electron chi connectivity index (χ1n) is 12.9. The number of fused-ring (bicyclic) bond motifs is 1. The van der Waals surface area contributed by atoms with E-state index in [4.69, 9.17) is 16.3 Å². The molecule has 9 heteroatoms. The average molecular weight is 593 g/mol. The minimum Gasteiger partial charge on any atom is -0.494 e. The highest BCUT2D eigenvalue weighted by molar-refractivity contribution is 7.90. The molecule has 0 saturated carbocycles. The lowest BCUT2D eigenvalue weighted by Crippen LogP contribution is -2.31. The summed E-state index contributed by atoms with van der Waals surface area (Å²) in [6, 6.07) is 19.7. The van der Waals surface area contributed by atoms with Crippen molar-refractivity contribution in [3.8, 4) is 16.9 Å². The Hall–Kier alpha value is -3.59. The van der Waals surface area contributed by atoms with Gasteiger partial charge in [0.2, 0.25) is 0 Å². The van der Waals surface area contributed by atoms with Crippen molar-refractivity contribution in [2.24, 2.45) is 0 Å². The number of aromatic nitrogens is 1. The molecule has 0 radical (unpaired) electrons. The van der Waals surface area contributed by atoms with Crippen LogP contribution in [0.3, 0.4) is 0 Å². The maximum Gasteiger partial charge on any atom is 0.281 e. The molecule has 0 bridgehead atoms. The van der Waals surface area contributed by atoms with Crippen LogP contribution in [-0.2, 0) is 16.4 Å². The Bertz CT molecular complexity index is 1780. The van der Waals surface area contributed by atoms with Gasteiger partial charge in [0.05, 0.1) is 17.0 Å². The highest BCUT2D eigenvalue weighted by Crippen LogP contribution is 2.36. The second kappa shape index (κ2) is 11.5. The number of para-hydroxylation sites is 1. The van der Waals surface area contributed by atoms with Gasteiger partial charge in [-0.25, -0.2) is 13.1 Å². The van der Waals surface area contributed by atoms with Crippen LogP contribution in [0, 0.1) is 20.8 Å². The molecule has 40 heavy (non-hydrogen) atoms. The number of sulfonamides is 1. The number of rotatable bonds is 9. The van der Waals surface area contributed by atoms with Crippen LogP contribution in [-0.4, -0.2) is 25.9 Å². The number of H-pyrrole nitrogens is 1. The van der Waals surface area contributed by atoms with Gasteiger partial charge >= 0.3 is 0 Å². The molecule has 1 amide bonds. The third-order valence-corrected chi connectivity index (χ3v) is 9.64. The fourth-order valence-corrected chi connectivity index (χ4v) is 6.68. The van der Waals surface area contributed by atoms with Crippen LogP contribution in [0.1, 0.15) is 38.5 Å². The Labute approximate surface area is 243 Å². The van der Waals surface area contributed by atoms with Gasteiger partial charge < -0.3 is 9.72 Å². The fourth-order valence-electron chi connectivity index (χ4n) is 4.88. The first-order valence-corrected chi connectivity index (χ1v) is 15.6. The van der Waals surface area contributed by atoms with Gasteiger partial charge in [-0.05, 0) is 91.6 Å². The number of nitrogens with one attached hydrogen (secondary N) is 2. The van der Waals surface area contributed by atoms with Crippen molar-refractivity contribution in [1.82, 2.24) is 9.71 Å². The maximum absolute atomic E-state index is 13.5. The van der Waals surface area contributed by atoms with Crippen LogP contribution in [0.4, 0.5) is 0 Å². The number of carbonyl (C=O) groups is 1. The number of hydrogen-bond donors (Lipinski definition) is 2. The van der Waals surface area contributed by atoms with Crippen LogP contribution in [0.5, 0.6) is 5.75 Å². The Morgan fingerprint density at radius 3 is 2.38 bits per heavy atom. The summed E-state index contributed by atoms with van der Waals surface area (Å²) in [6.07, 6.45) is 1.12. The number of ether oxygens (including phenoxy) is 1. The summed E-state index contributed by atoms with van der Waals surface area (Å²) in [5.41, 5.74) is 5.71. The number of aromatic amines is 1. The van der Waals surface area contributed by atoms with Gasteiger partial charge in [-0.15, -0.1) is 11.3 Å². The van der Waals surface area contributed by atoms with Gasteiger partial charge in [-0.1, -0.05) is 48.0 Å². The van der Waals surface area contributed by atoms with Crippen LogP contribution < -0.4 is 9.46 Å². The molecule has 0 aliphatic heterocycles. The van der Waals surface area contributed by atoms with Crippen molar-refractivity contribution in [3.63, 3.8) is 0 Å². The van der Waals surface area contributed by atoms with Gasteiger partial charge in [0, 0.05) is 20.8 Å². The monoisotopic (exact) mass is 592 g/mol. The molecule has 0 aliphatic carbocycles. The lowest BCUT2D eigenvalue weighted by molar-refractivity contribution is 0.0976. The molecule has 206 valence electrons. The SMILES string of the molecule is Cc1cc(OCCCc2c(C(=O)NS(=O)(=O)c3ccccc3)[nH]c3c(-c4ccsc4C)cccc23)cc(C)c1Cl. The summed E-state index contributed by atoms with van der Waals surface area (Å²) in [7, 11) is -4.05. The number of hydrogen-bond acceptors (Lipinski definition) is 5. The molecule has 2 heterocycles. The molecular formula is C31H29ClN2O4S2. The number of halogens is 1. The summed E-state index contributed by atoms with van der Waals surface area (Å²) in [5.74, 6) is 0.0355. The molecule has 0 unspecified atom stereocenters.